The Bertz CT molecular complexity index is 489. The maximum Gasteiger partial charge on any atom is 0.220 e. The van der Waals surface area contributed by atoms with E-state index in [-0.39, 0.29) is 18.6 Å². The van der Waals surface area contributed by atoms with Gasteiger partial charge in [-0.15, -0.1) is 0 Å². The van der Waals surface area contributed by atoms with Gasteiger partial charge in [0, 0.05) is 6.42 Å². The summed E-state index contributed by atoms with van der Waals surface area (Å²) in [7, 11) is 0. The molecule has 1 rings (SSSR count). The van der Waals surface area contributed by atoms with Crippen molar-refractivity contribution in [2.24, 2.45) is 0 Å². The summed E-state index contributed by atoms with van der Waals surface area (Å²) < 4.78 is 0. The van der Waals surface area contributed by atoms with E-state index >= 15 is 0 Å². The van der Waals surface area contributed by atoms with Crippen LogP contribution >= 0.6 is 0 Å². The van der Waals surface area contributed by atoms with Gasteiger partial charge in [0.05, 0.1) is 12.6 Å². The summed E-state index contributed by atoms with van der Waals surface area (Å²) in [5, 5.41) is 12.6. The number of nitrogens with one attached hydrogen (secondary N) is 1. The van der Waals surface area contributed by atoms with E-state index in [4.69, 9.17) is 0 Å². The Morgan fingerprint density at radius 2 is 1.41 bits per heavy atom. The Morgan fingerprint density at radius 1 is 0.828 bits per heavy atom. The number of aryl methyl sites for hydroxylation is 1. The highest BCUT2D eigenvalue weighted by molar-refractivity contribution is 5.76. The van der Waals surface area contributed by atoms with E-state index in [0.29, 0.717) is 6.42 Å². The van der Waals surface area contributed by atoms with E-state index in [1.165, 1.54) is 63.4 Å². The van der Waals surface area contributed by atoms with Crippen LogP contribution in [0.4, 0.5) is 0 Å². The molecule has 3 nitrogen and oxygen atoms in total. The van der Waals surface area contributed by atoms with Crippen molar-refractivity contribution in [1.29, 1.82) is 0 Å². The van der Waals surface area contributed by atoms with Crippen LogP contribution < -0.4 is 5.32 Å². The predicted octanol–water partition coefficient (Wildman–Crippen LogP) is 6.58. The largest absolute Gasteiger partial charge is 0.394 e. The van der Waals surface area contributed by atoms with Gasteiger partial charge in [0.25, 0.3) is 0 Å². The van der Waals surface area contributed by atoms with Gasteiger partial charge in [-0.1, -0.05) is 108 Å². The van der Waals surface area contributed by atoms with Gasteiger partial charge in [-0.3, -0.25) is 4.79 Å². The van der Waals surface area contributed by atoms with Gasteiger partial charge in [0.15, 0.2) is 0 Å². The zero-order valence-electron chi connectivity index (χ0n) is 18.8. The smallest absolute Gasteiger partial charge is 0.220 e. The van der Waals surface area contributed by atoms with Crippen molar-refractivity contribution >= 4 is 5.91 Å². The van der Waals surface area contributed by atoms with Gasteiger partial charge in [0.2, 0.25) is 5.91 Å². The molecule has 1 aromatic rings. The molecule has 0 bridgehead atoms. The van der Waals surface area contributed by atoms with E-state index in [1.54, 1.807) is 0 Å². The molecule has 29 heavy (non-hydrogen) atoms. The predicted molar refractivity (Wildman–Crippen MR) is 124 cm³/mol. The van der Waals surface area contributed by atoms with E-state index in [1.807, 2.05) is 0 Å². The lowest BCUT2D eigenvalue weighted by Crippen LogP contribution is -2.37. The molecule has 0 saturated carbocycles. The monoisotopic (exact) mass is 403 g/mol. The summed E-state index contributed by atoms with van der Waals surface area (Å²) in [6, 6.07) is 10.5. The Balaban J connectivity index is 1.95. The van der Waals surface area contributed by atoms with Crippen LogP contribution in [-0.4, -0.2) is 23.7 Å². The minimum Gasteiger partial charge on any atom is -0.394 e. The fraction of sp³-hybridized carbons (Fsp3) is 0.731. The van der Waals surface area contributed by atoms with Gasteiger partial charge < -0.3 is 10.4 Å². The molecule has 0 aliphatic rings. The van der Waals surface area contributed by atoms with Crippen molar-refractivity contribution in [2.75, 3.05) is 6.61 Å². The molecular formula is C26H45NO2. The minimum atomic E-state index is -0.0739. The van der Waals surface area contributed by atoms with Crippen LogP contribution in [0.1, 0.15) is 109 Å². The standard InChI is InChI=1S/C26H45NO2/c1-2-3-4-5-6-7-8-9-17-22-26(29)27-25(23-28)21-16-11-10-13-18-24-19-14-12-15-20-24/h12,14-15,19-20,25,28H,2-11,13,16-18,21-23H2,1H3,(H,27,29). The molecule has 166 valence electrons. The maximum atomic E-state index is 12.1. The van der Waals surface area contributed by atoms with Crippen LogP contribution in [0, 0.1) is 0 Å². The molecular weight excluding hydrogens is 358 g/mol. The molecule has 0 aliphatic carbocycles. The highest BCUT2D eigenvalue weighted by Gasteiger charge is 2.10. The van der Waals surface area contributed by atoms with Crippen LogP contribution in [0.25, 0.3) is 0 Å². The normalized spacial score (nSPS) is 12.1. The minimum absolute atomic E-state index is 0.0491. The molecule has 1 atom stereocenters. The maximum absolute atomic E-state index is 12.1. The molecule has 1 amide bonds. The van der Waals surface area contributed by atoms with Crippen LogP contribution in [-0.2, 0) is 11.2 Å². The molecule has 3 heteroatoms. The van der Waals surface area contributed by atoms with Crippen molar-refractivity contribution in [2.45, 2.75) is 116 Å². The zero-order valence-corrected chi connectivity index (χ0v) is 18.8. The molecule has 0 aliphatic heterocycles. The number of aliphatic hydroxyl groups excluding tert-OH is 1. The fourth-order valence-corrected chi connectivity index (χ4v) is 3.82. The first-order valence-electron chi connectivity index (χ1n) is 12.2. The van der Waals surface area contributed by atoms with Gasteiger partial charge in [-0.05, 0) is 31.2 Å². The summed E-state index contributed by atoms with van der Waals surface area (Å²) in [5.41, 5.74) is 1.41. The van der Waals surface area contributed by atoms with E-state index < -0.39 is 0 Å². The Labute approximate surface area is 179 Å². The van der Waals surface area contributed by atoms with Gasteiger partial charge >= 0.3 is 0 Å². The Hall–Kier alpha value is -1.35. The lowest BCUT2D eigenvalue weighted by Gasteiger charge is -2.16. The number of benzene rings is 1. The fourth-order valence-electron chi connectivity index (χ4n) is 3.82. The van der Waals surface area contributed by atoms with Crippen LogP contribution in [0.5, 0.6) is 0 Å². The first kappa shape index (κ1) is 25.7. The van der Waals surface area contributed by atoms with E-state index in [9.17, 15) is 9.90 Å². The van der Waals surface area contributed by atoms with Crippen molar-refractivity contribution in [3.8, 4) is 0 Å². The molecule has 0 aromatic heterocycles. The van der Waals surface area contributed by atoms with Crippen molar-refractivity contribution in [3.63, 3.8) is 0 Å². The second-order valence-corrected chi connectivity index (χ2v) is 8.46. The molecule has 0 heterocycles. The van der Waals surface area contributed by atoms with E-state index in [0.717, 1.165) is 38.5 Å². The number of unbranched alkanes of at least 4 members (excludes halogenated alkanes) is 11. The van der Waals surface area contributed by atoms with Crippen molar-refractivity contribution < 1.29 is 9.90 Å². The third kappa shape index (κ3) is 15.2. The second kappa shape index (κ2) is 18.7. The lowest BCUT2D eigenvalue weighted by atomic mass is 10.0. The highest BCUT2D eigenvalue weighted by atomic mass is 16.3. The number of carbonyl (C=O) groups is 1. The first-order valence-corrected chi connectivity index (χ1v) is 12.2. The first-order chi connectivity index (χ1) is 14.3. The summed E-state index contributed by atoms with van der Waals surface area (Å²) in [4.78, 5) is 12.1. The third-order valence-electron chi connectivity index (χ3n) is 5.70. The van der Waals surface area contributed by atoms with Crippen molar-refractivity contribution in [3.05, 3.63) is 35.9 Å². The van der Waals surface area contributed by atoms with E-state index in [2.05, 4.69) is 42.6 Å². The lowest BCUT2D eigenvalue weighted by molar-refractivity contribution is -0.122. The number of carbonyl (C=O) groups excluding carboxylic acids is 1. The summed E-state index contributed by atoms with van der Waals surface area (Å²) in [6.45, 7) is 2.30. The SMILES string of the molecule is CCCCCCCCCCCC(=O)NC(CO)CCCCCCc1ccccc1. The van der Waals surface area contributed by atoms with Gasteiger partial charge in [-0.2, -0.15) is 0 Å². The van der Waals surface area contributed by atoms with Crippen LogP contribution in [0.15, 0.2) is 30.3 Å². The second-order valence-electron chi connectivity index (χ2n) is 8.46. The summed E-state index contributed by atoms with van der Waals surface area (Å²) in [6.07, 6.45) is 18.7. The molecule has 2 N–H and O–H groups in total. The average Bonchev–Trinajstić information content (AvgIpc) is 2.74. The molecule has 0 spiro atoms. The van der Waals surface area contributed by atoms with Gasteiger partial charge in [0.1, 0.15) is 0 Å². The number of hydrogen-bond donors (Lipinski definition) is 2. The Morgan fingerprint density at radius 3 is 2.07 bits per heavy atom. The quantitative estimate of drug-likeness (QED) is 0.256. The van der Waals surface area contributed by atoms with Crippen LogP contribution in [0.2, 0.25) is 0 Å². The number of aliphatic hydroxyl groups is 1. The molecule has 1 unspecified atom stereocenters. The number of hydrogen-bond acceptors (Lipinski definition) is 2. The van der Waals surface area contributed by atoms with Crippen molar-refractivity contribution in [1.82, 2.24) is 5.32 Å². The molecule has 0 saturated heterocycles. The third-order valence-corrected chi connectivity index (χ3v) is 5.70. The summed E-state index contributed by atoms with van der Waals surface area (Å²) in [5.74, 6) is 0.107. The number of amides is 1. The molecule has 0 fully saturated rings. The topological polar surface area (TPSA) is 49.3 Å². The summed E-state index contributed by atoms with van der Waals surface area (Å²) >= 11 is 0. The zero-order chi connectivity index (χ0) is 21.0. The van der Waals surface area contributed by atoms with Gasteiger partial charge in [-0.25, -0.2) is 0 Å². The molecule has 0 radical (unpaired) electrons. The van der Waals surface area contributed by atoms with Crippen LogP contribution in [0.3, 0.4) is 0 Å². The average molecular weight is 404 g/mol. The number of rotatable bonds is 19. The Kier molecular flexibility index (Phi) is 16.5. The molecule has 1 aromatic carbocycles. The highest BCUT2D eigenvalue weighted by Crippen LogP contribution is 2.12.